The number of benzene rings is 9. The summed E-state index contributed by atoms with van der Waals surface area (Å²) in [7, 11) is 0. The molecule has 3 heterocycles. The molecule has 3 aromatic heterocycles. The van der Waals surface area contributed by atoms with E-state index in [4.69, 9.17) is 23.8 Å². The number of rotatable bonds is 5. The second-order valence-electron chi connectivity index (χ2n) is 14.8. The van der Waals surface area contributed by atoms with Crippen LogP contribution in [0.3, 0.4) is 0 Å². The van der Waals surface area contributed by atoms with Gasteiger partial charge in [0.1, 0.15) is 22.3 Å². The molecule has 0 aliphatic carbocycles. The fourth-order valence-corrected chi connectivity index (χ4v) is 8.50. The SMILES string of the molecule is c1cc(-c2nc(-c3ccc4ccccc4c3)nc(-c3ccc4oc5c(-c6cccc7ccccc67)cccc5c4c3)n2)cc(-c2cccc3c2oc2ccccc23)c1. The van der Waals surface area contributed by atoms with Crippen molar-refractivity contribution >= 4 is 65.4 Å². The van der Waals surface area contributed by atoms with Crippen LogP contribution in [0.1, 0.15) is 0 Å². The van der Waals surface area contributed by atoms with Crippen molar-refractivity contribution in [3.05, 3.63) is 188 Å². The number of fused-ring (bicyclic) bond motifs is 8. The van der Waals surface area contributed by atoms with Crippen molar-refractivity contribution < 1.29 is 8.83 Å². The number of nitrogens with zero attached hydrogens (tertiary/aromatic N) is 3. The zero-order valence-corrected chi connectivity index (χ0v) is 31.1. The molecule has 5 heteroatoms. The van der Waals surface area contributed by atoms with Crippen LogP contribution in [-0.4, -0.2) is 15.0 Å². The molecule has 0 aliphatic rings. The summed E-state index contributed by atoms with van der Waals surface area (Å²) in [5.41, 5.74) is 10.3. The predicted octanol–water partition coefficient (Wildman–Crippen LogP) is 14.3. The molecule has 58 heavy (non-hydrogen) atoms. The maximum Gasteiger partial charge on any atom is 0.164 e. The molecule has 0 bridgehead atoms. The summed E-state index contributed by atoms with van der Waals surface area (Å²) >= 11 is 0. The first-order valence-electron chi connectivity index (χ1n) is 19.4. The lowest BCUT2D eigenvalue weighted by Gasteiger charge is -2.10. The van der Waals surface area contributed by atoms with Crippen molar-refractivity contribution in [2.45, 2.75) is 0 Å². The normalized spacial score (nSPS) is 11.8. The van der Waals surface area contributed by atoms with Gasteiger partial charge in [-0.3, -0.25) is 0 Å². The van der Waals surface area contributed by atoms with E-state index in [1.165, 1.54) is 10.8 Å². The molecule has 0 atom stereocenters. The minimum atomic E-state index is 0.583. The third-order valence-corrected chi connectivity index (χ3v) is 11.3. The van der Waals surface area contributed by atoms with Crippen molar-refractivity contribution in [2.75, 3.05) is 0 Å². The number of hydrogen-bond donors (Lipinski definition) is 0. The van der Waals surface area contributed by atoms with Crippen LogP contribution < -0.4 is 0 Å². The predicted molar refractivity (Wildman–Crippen MR) is 237 cm³/mol. The zero-order chi connectivity index (χ0) is 38.2. The molecule has 5 nitrogen and oxygen atoms in total. The van der Waals surface area contributed by atoms with E-state index in [1.54, 1.807) is 0 Å². The first-order valence-corrected chi connectivity index (χ1v) is 19.4. The first-order chi connectivity index (χ1) is 28.7. The largest absolute Gasteiger partial charge is 0.455 e. The van der Waals surface area contributed by atoms with Gasteiger partial charge in [0.05, 0.1) is 0 Å². The summed E-state index contributed by atoms with van der Waals surface area (Å²) in [6, 6.07) is 65.1. The van der Waals surface area contributed by atoms with E-state index in [-0.39, 0.29) is 0 Å². The van der Waals surface area contributed by atoms with Gasteiger partial charge in [0, 0.05) is 49.4 Å². The molecule has 0 aliphatic heterocycles. The quantitative estimate of drug-likeness (QED) is 0.176. The van der Waals surface area contributed by atoms with E-state index in [1.807, 2.05) is 30.3 Å². The molecule has 0 radical (unpaired) electrons. The highest BCUT2D eigenvalue weighted by molar-refractivity contribution is 6.13. The Labute approximate surface area is 332 Å². The van der Waals surface area contributed by atoms with Gasteiger partial charge in [-0.1, -0.05) is 152 Å². The summed E-state index contributed by atoms with van der Waals surface area (Å²) in [4.78, 5) is 15.5. The van der Waals surface area contributed by atoms with Gasteiger partial charge in [0.15, 0.2) is 17.5 Å². The summed E-state index contributed by atoms with van der Waals surface area (Å²) < 4.78 is 13.1. The zero-order valence-electron chi connectivity index (χ0n) is 31.1. The lowest BCUT2D eigenvalue weighted by molar-refractivity contribution is 0.669. The van der Waals surface area contributed by atoms with Crippen LogP contribution in [0.2, 0.25) is 0 Å². The topological polar surface area (TPSA) is 65.0 Å². The van der Waals surface area contributed by atoms with Crippen molar-refractivity contribution in [1.82, 2.24) is 15.0 Å². The molecule has 270 valence electrons. The van der Waals surface area contributed by atoms with Crippen LogP contribution in [0, 0.1) is 0 Å². The summed E-state index contributed by atoms with van der Waals surface area (Å²) in [5.74, 6) is 1.77. The van der Waals surface area contributed by atoms with Gasteiger partial charge in [-0.15, -0.1) is 0 Å². The minimum Gasteiger partial charge on any atom is -0.455 e. The van der Waals surface area contributed by atoms with E-state index >= 15 is 0 Å². The first kappa shape index (κ1) is 32.4. The monoisotopic (exact) mass is 741 g/mol. The molecule has 0 unspecified atom stereocenters. The Kier molecular flexibility index (Phi) is 7.16. The number of hydrogen-bond acceptors (Lipinski definition) is 5. The van der Waals surface area contributed by atoms with Gasteiger partial charge >= 0.3 is 0 Å². The highest BCUT2D eigenvalue weighted by Crippen LogP contribution is 2.41. The van der Waals surface area contributed by atoms with Crippen LogP contribution in [0.5, 0.6) is 0 Å². The number of furan rings is 2. The van der Waals surface area contributed by atoms with E-state index in [2.05, 4.69) is 158 Å². The summed E-state index contributed by atoms with van der Waals surface area (Å²) in [6.07, 6.45) is 0. The van der Waals surface area contributed by atoms with E-state index in [0.717, 1.165) is 93.6 Å². The van der Waals surface area contributed by atoms with Crippen LogP contribution in [0.15, 0.2) is 197 Å². The molecule has 0 saturated carbocycles. The van der Waals surface area contributed by atoms with Crippen molar-refractivity contribution in [3.8, 4) is 56.4 Å². The maximum atomic E-state index is 6.65. The Morgan fingerprint density at radius 1 is 0.276 bits per heavy atom. The van der Waals surface area contributed by atoms with Gasteiger partial charge in [-0.2, -0.15) is 0 Å². The van der Waals surface area contributed by atoms with Crippen LogP contribution in [0.4, 0.5) is 0 Å². The smallest absolute Gasteiger partial charge is 0.164 e. The molecule has 0 amide bonds. The molecule has 0 spiro atoms. The second kappa shape index (κ2) is 12.8. The fourth-order valence-electron chi connectivity index (χ4n) is 8.50. The molecule has 0 N–H and O–H groups in total. The molecule has 12 aromatic rings. The Morgan fingerprint density at radius 3 is 1.62 bits per heavy atom. The molecule has 9 aromatic carbocycles. The van der Waals surface area contributed by atoms with E-state index in [9.17, 15) is 0 Å². The average molecular weight is 742 g/mol. The summed E-state index contributed by atoms with van der Waals surface area (Å²) in [5, 5.41) is 8.90. The Hall–Kier alpha value is -7.89. The van der Waals surface area contributed by atoms with Crippen LogP contribution in [-0.2, 0) is 0 Å². The van der Waals surface area contributed by atoms with Crippen molar-refractivity contribution in [2.24, 2.45) is 0 Å². The van der Waals surface area contributed by atoms with Crippen LogP contribution in [0.25, 0.3) is 122 Å². The highest BCUT2D eigenvalue weighted by atomic mass is 16.3. The second-order valence-corrected chi connectivity index (χ2v) is 14.8. The Bertz CT molecular complexity index is 3590. The minimum absolute atomic E-state index is 0.583. The number of para-hydroxylation sites is 3. The van der Waals surface area contributed by atoms with E-state index < -0.39 is 0 Å². The van der Waals surface area contributed by atoms with Gasteiger partial charge in [0.25, 0.3) is 0 Å². The molecule has 12 rings (SSSR count). The lowest BCUT2D eigenvalue weighted by atomic mass is 9.96. The van der Waals surface area contributed by atoms with Gasteiger partial charge < -0.3 is 8.83 Å². The fraction of sp³-hybridized carbons (Fsp3) is 0. The van der Waals surface area contributed by atoms with Gasteiger partial charge in [-0.25, -0.2) is 15.0 Å². The average Bonchev–Trinajstić information content (AvgIpc) is 3.87. The molecular formula is C53H31N3O2. The lowest BCUT2D eigenvalue weighted by Crippen LogP contribution is -2.00. The highest BCUT2D eigenvalue weighted by Gasteiger charge is 2.19. The third kappa shape index (κ3) is 5.21. The third-order valence-electron chi connectivity index (χ3n) is 11.3. The van der Waals surface area contributed by atoms with Gasteiger partial charge in [0.2, 0.25) is 0 Å². The summed E-state index contributed by atoms with van der Waals surface area (Å²) in [6.45, 7) is 0. The Balaban J connectivity index is 1.03. The standard InChI is InChI=1S/C53H31N3O2/c1-2-13-34-29-37(26-25-32(34)11-1)52-54-51(36-16-7-15-35(30-36)40-19-9-22-44-42-18-5-6-24-47(42)57-49(40)44)55-53(56-52)38-27-28-48-46(31-38)45-23-10-21-43(50(45)58-48)41-20-8-14-33-12-3-4-17-39(33)41/h1-31H. The number of aromatic nitrogens is 3. The molecular weight excluding hydrogens is 711 g/mol. The molecule has 0 fully saturated rings. The Morgan fingerprint density at radius 2 is 0.793 bits per heavy atom. The molecule has 0 saturated heterocycles. The van der Waals surface area contributed by atoms with Crippen LogP contribution >= 0.6 is 0 Å². The van der Waals surface area contributed by atoms with Crippen molar-refractivity contribution in [3.63, 3.8) is 0 Å². The van der Waals surface area contributed by atoms with Crippen molar-refractivity contribution in [1.29, 1.82) is 0 Å². The maximum absolute atomic E-state index is 6.65. The van der Waals surface area contributed by atoms with E-state index in [0.29, 0.717) is 17.5 Å². The van der Waals surface area contributed by atoms with Gasteiger partial charge in [-0.05, 0) is 69.1 Å².